The molecule has 0 radical (unpaired) electrons. The summed E-state index contributed by atoms with van der Waals surface area (Å²) in [4.78, 5) is 15.5. The van der Waals surface area contributed by atoms with E-state index >= 15 is 0 Å². The van der Waals surface area contributed by atoms with Crippen molar-refractivity contribution in [2.45, 2.75) is 0 Å². The molecule has 0 aliphatic heterocycles. The molecule has 0 saturated heterocycles. The van der Waals surface area contributed by atoms with E-state index in [-0.39, 0.29) is 0 Å². The molecular formula is C55H34N4S. The van der Waals surface area contributed by atoms with Crippen LogP contribution in [0.1, 0.15) is 0 Å². The number of thiophene rings is 1. The monoisotopic (exact) mass is 782 g/mol. The molecule has 280 valence electrons. The summed E-state index contributed by atoms with van der Waals surface area (Å²) in [5.74, 6) is 1.90. The van der Waals surface area contributed by atoms with Gasteiger partial charge in [-0.25, -0.2) is 15.0 Å². The molecule has 0 unspecified atom stereocenters. The average molecular weight is 783 g/mol. The maximum atomic E-state index is 5.23. The number of nitrogens with zero attached hydrogens (tertiary/aromatic N) is 4. The molecule has 0 N–H and O–H groups in total. The molecular weight excluding hydrogens is 749 g/mol. The third kappa shape index (κ3) is 5.70. The van der Waals surface area contributed by atoms with Gasteiger partial charge in [0.2, 0.25) is 0 Å². The molecule has 3 aromatic heterocycles. The summed E-state index contributed by atoms with van der Waals surface area (Å²) in [5.41, 5.74) is 10.7. The van der Waals surface area contributed by atoms with Crippen LogP contribution in [0, 0.1) is 0 Å². The van der Waals surface area contributed by atoms with Gasteiger partial charge in [0.05, 0.1) is 11.0 Å². The quantitative estimate of drug-likeness (QED) is 0.169. The molecule has 5 heteroatoms. The van der Waals surface area contributed by atoms with Crippen molar-refractivity contribution < 1.29 is 0 Å². The molecule has 12 rings (SSSR count). The number of aromatic nitrogens is 4. The predicted octanol–water partition coefficient (Wildman–Crippen LogP) is 14.8. The third-order valence-corrected chi connectivity index (χ3v) is 12.8. The SMILES string of the molecule is c1ccc(-c2nc(-c3ccccc3)nc(-c3ccc(-n4c5cc6ccccc6cc5c5c(-c6ccccc6)cccc54)cc3-c3ccc4c(c3)sc3ccccc34)n2)cc1. The summed E-state index contributed by atoms with van der Waals surface area (Å²) in [6, 6.07) is 73.5. The fourth-order valence-electron chi connectivity index (χ4n) is 8.82. The number of fused-ring (bicyclic) bond motifs is 7. The normalized spacial score (nSPS) is 11.7. The van der Waals surface area contributed by atoms with Crippen LogP contribution in [-0.2, 0) is 0 Å². The maximum Gasteiger partial charge on any atom is 0.164 e. The molecule has 9 aromatic carbocycles. The number of hydrogen-bond acceptors (Lipinski definition) is 4. The van der Waals surface area contributed by atoms with Gasteiger partial charge in [-0.1, -0.05) is 158 Å². The van der Waals surface area contributed by atoms with Gasteiger partial charge in [-0.3, -0.25) is 0 Å². The second-order valence-corrected chi connectivity index (χ2v) is 16.3. The van der Waals surface area contributed by atoms with Gasteiger partial charge in [-0.15, -0.1) is 11.3 Å². The third-order valence-electron chi connectivity index (χ3n) is 11.6. The molecule has 0 bridgehead atoms. The van der Waals surface area contributed by atoms with Crippen molar-refractivity contribution >= 4 is 64.1 Å². The highest BCUT2D eigenvalue weighted by Gasteiger charge is 2.21. The Labute approximate surface area is 350 Å². The minimum Gasteiger partial charge on any atom is -0.309 e. The summed E-state index contributed by atoms with van der Waals surface area (Å²) in [7, 11) is 0. The Kier molecular flexibility index (Phi) is 8.00. The van der Waals surface area contributed by atoms with Gasteiger partial charge in [0.1, 0.15) is 0 Å². The zero-order valence-electron chi connectivity index (χ0n) is 32.3. The molecule has 4 nitrogen and oxygen atoms in total. The van der Waals surface area contributed by atoms with Gasteiger partial charge in [-0.2, -0.15) is 0 Å². The second kappa shape index (κ2) is 14.0. The Hall–Kier alpha value is -7.73. The molecule has 0 saturated carbocycles. The van der Waals surface area contributed by atoms with Crippen molar-refractivity contribution in [1.29, 1.82) is 0 Å². The van der Waals surface area contributed by atoms with Crippen LogP contribution in [0.25, 0.3) is 115 Å². The smallest absolute Gasteiger partial charge is 0.164 e. The van der Waals surface area contributed by atoms with Crippen molar-refractivity contribution in [3.63, 3.8) is 0 Å². The first-order valence-corrected chi connectivity index (χ1v) is 21.0. The fraction of sp³-hybridized carbons (Fsp3) is 0. The van der Waals surface area contributed by atoms with Gasteiger partial charge in [0.15, 0.2) is 17.5 Å². The van der Waals surface area contributed by atoms with Crippen LogP contribution in [0.5, 0.6) is 0 Å². The van der Waals surface area contributed by atoms with E-state index in [0.29, 0.717) is 17.5 Å². The first-order chi connectivity index (χ1) is 29.7. The van der Waals surface area contributed by atoms with Crippen molar-refractivity contribution in [2.24, 2.45) is 0 Å². The van der Waals surface area contributed by atoms with Crippen molar-refractivity contribution in [3.8, 4) is 62.1 Å². The van der Waals surface area contributed by atoms with E-state index in [1.165, 1.54) is 52.8 Å². The topological polar surface area (TPSA) is 43.6 Å². The zero-order valence-corrected chi connectivity index (χ0v) is 33.1. The van der Waals surface area contributed by atoms with Crippen LogP contribution in [0.2, 0.25) is 0 Å². The highest BCUT2D eigenvalue weighted by Crippen LogP contribution is 2.43. The molecule has 0 aliphatic carbocycles. The first-order valence-electron chi connectivity index (χ1n) is 20.2. The first kappa shape index (κ1) is 34.3. The molecule has 0 atom stereocenters. The van der Waals surface area contributed by atoms with Gasteiger partial charge in [0, 0.05) is 53.3 Å². The second-order valence-electron chi connectivity index (χ2n) is 15.2. The van der Waals surface area contributed by atoms with Crippen LogP contribution >= 0.6 is 11.3 Å². The summed E-state index contributed by atoms with van der Waals surface area (Å²) >= 11 is 1.83. The van der Waals surface area contributed by atoms with Crippen LogP contribution in [0.3, 0.4) is 0 Å². The number of benzene rings is 9. The van der Waals surface area contributed by atoms with Crippen molar-refractivity contribution in [3.05, 3.63) is 206 Å². The van der Waals surface area contributed by atoms with Crippen LogP contribution in [0.4, 0.5) is 0 Å². The van der Waals surface area contributed by atoms with Gasteiger partial charge in [-0.05, 0) is 81.6 Å². The zero-order chi connectivity index (χ0) is 39.6. The predicted molar refractivity (Wildman–Crippen MR) is 252 cm³/mol. The summed E-state index contributed by atoms with van der Waals surface area (Å²) in [6.45, 7) is 0. The highest BCUT2D eigenvalue weighted by atomic mass is 32.1. The molecule has 0 fully saturated rings. The molecule has 60 heavy (non-hydrogen) atoms. The summed E-state index contributed by atoms with van der Waals surface area (Å²) in [5, 5.41) is 7.42. The lowest BCUT2D eigenvalue weighted by Crippen LogP contribution is -2.02. The van der Waals surface area contributed by atoms with Crippen molar-refractivity contribution in [1.82, 2.24) is 19.5 Å². The van der Waals surface area contributed by atoms with E-state index in [2.05, 4.69) is 174 Å². The van der Waals surface area contributed by atoms with Gasteiger partial charge >= 0.3 is 0 Å². The molecule has 0 amide bonds. The molecule has 3 heterocycles. The van der Waals surface area contributed by atoms with Crippen LogP contribution in [-0.4, -0.2) is 19.5 Å². The van der Waals surface area contributed by atoms with Crippen LogP contribution in [0.15, 0.2) is 206 Å². The van der Waals surface area contributed by atoms with E-state index < -0.39 is 0 Å². The van der Waals surface area contributed by atoms with Crippen molar-refractivity contribution in [2.75, 3.05) is 0 Å². The molecule has 12 aromatic rings. The Morgan fingerprint density at radius 2 is 0.950 bits per heavy atom. The Morgan fingerprint density at radius 1 is 0.333 bits per heavy atom. The molecule has 0 aliphatic rings. The number of hydrogen-bond donors (Lipinski definition) is 0. The van der Waals surface area contributed by atoms with E-state index in [0.717, 1.165) is 44.5 Å². The Balaban J connectivity index is 1.15. The largest absolute Gasteiger partial charge is 0.309 e. The Bertz CT molecular complexity index is 3530. The van der Waals surface area contributed by atoms with E-state index in [1.54, 1.807) is 0 Å². The lowest BCUT2D eigenvalue weighted by molar-refractivity contribution is 1.07. The lowest BCUT2D eigenvalue weighted by Gasteiger charge is -2.16. The summed E-state index contributed by atoms with van der Waals surface area (Å²) < 4.78 is 4.96. The Morgan fingerprint density at radius 3 is 1.68 bits per heavy atom. The van der Waals surface area contributed by atoms with Gasteiger partial charge < -0.3 is 4.57 Å². The standard InChI is InChI=1S/C55H34N4S/c1-4-15-35(16-5-1)42-24-14-25-48-52(42)47-31-38-21-10-11-22-39(38)32-49(47)59(48)41-28-30-45(46(34-41)40-27-29-44-43-23-12-13-26-50(43)60-51(44)33-40)55-57-53(36-17-6-2-7-18-36)56-54(58-55)37-19-8-3-9-20-37/h1-34H. The van der Waals surface area contributed by atoms with Gasteiger partial charge in [0.25, 0.3) is 0 Å². The van der Waals surface area contributed by atoms with E-state index in [9.17, 15) is 0 Å². The minimum absolute atomic E-state index is 0.625. The maximum absolute atomic E-state index is 5.23. The number of rotatable bonds is 6. The highest BCUT2D eigenvalue weighted by molar-refractivity contribution is 7.25. The molecule has 0 spiro atoms. The lowest BCUT2D eigenvalue weighted by atomic mass is 9.97. The van der Waals surface area contributed by atoms with E-state index in [1.807, 2.05) is 47.7 Å². The van der Waals surface area contributed by atoms with E-state index in [4.69, 9.17) is 15.0 Å². The fourth-order valence-corrected chi connectivity index (χ4v) is 9.96. The minimum atomic E-state index is 0.625. The average Bonchev–Trinajstić information content (AvgIpc) is 3.86. The van der Waals surface area contributed by atoms with Crippen LogP contribution < -0.4 is 0 Å². The summed E-state index contributed by atoms with van der Waals surface area (Å²) in [6.07, 6.45) is 0.